The molecule has 2 aliphatic rings. The second kappa shape index (κ2) is 6.76. The predicted molar refractivity (Wildman–Crippen MR) is 75.3 cm³/mol. The van der Waals surface area contributed by atoms with Crippen LogP contribution in [0.5, 0.6) is 0 Å². The van der Waals surface area contributed by atoms with Crippen molar-refractivity contribution in [3.63, 3.8) is 0 Å². The Hall–Kier alpha value is -2.16. The van der Waals surface area contributed by atoms with Gasteiger partial charge in [0.25, 0.3) is 0 Å². The number of fused-ring (bicyclic) bond motifs is 2. The Labute approximate surface area is 136 Å². The molecular weight excluding hydrogens is 350 g/mol. The third-order valence-electron chi connectivity index (χ3n) is 3.62. The second-order valence-corrected chi connectivity index (χ2v) is 6.19. The van der Waals surface area contributed by atoms with E-state index in [2.05, 4.69) is 9.60 Å². The van der Waals surface area contributed by atoms with E-state index in [4.69, 9.17) is 20.8 Å². The van der Waals surface area contributed by atoms with Crippen LogP contribution in [0.4, 0.5) is 9.59 Å². The van der Waals surface area contributed by atoms with Crippen molar-refractivity contribution in [3.8, 4) is 0 Å². The number of nitrogens with zero attached hydrogens (tertiary/aromatic N) is 2. The molecule has 6 N–H and O–H groups in total. The van der Waals surface area contributed by atoms with Gasteiger partial charge in [0.1, 0.15) is 12.1 Å². The van der Waals surface area contributed by atoms with Crippen LogP contribution in [0.2, 0.25) is 0 Å². The summed E-state index contributed by atoms with van der Waals surface area (Å²) in [5.41, 5.74) is 10.2. The van der Waals surface area contributed by atoms with Crippen molar-refractivity contribution < 1.29 is 36.4 Å². The van der Waals surface area contributed by atoms with Gasteiger partial charge in [0.2, 0.25) is 5.91 Å². The number of hydrogen-bond donors (Lipinski definition) is 4. The summed E-state index contributed by atoms with van der Waals surface area (Å²) in [5, 5.41) is 2.72. The third-order valence-corrected chi connectivity index (χ3v) is 3.97. The number of nitrogens with two attached hydrogens (primary N) is 2. The van der Waals surface area contributed by atoms with Gasteiger partial charge >= 0.3 is 22.5 Å². The molecule has 2 rings (SSSR count). The Morgan fingerprint density at radius 3 is 2.58 bits per heavy atom. The maximum absolute atomic E-state index is 12.2. The number of amides is 5. The summed E-state index contributed by atoms with van der Waals surface area (Å²) in [7, 11) is -4.94. The van der Waals surface area contributed by atoms with E-state index in [1.54, 1.807) is 0 Å². The Morgan fingerprint density at radius 2 is 2.04 bits per heavy atom. The minimum atomic E-state index is -4.94. The molecule has 0 spiro atoms. The number of ether oxygens (including phenoxy) is 1. The molecule has 2 aliphatic heterocycles. The summed E-state index contributed by atoms with van der Waals surface area (Å²) in [5.74, 6) is -0.792. The van der Waals surface area contributed by atoms with Gasteiger partial charge in [-0.25, -0.2) is 9.59 Å². The first kappa shape index (κ1) is 18.2. The number of carbonyl (C=O) groups excluding carboxylic acids is 3. The summed E-state index contributed by atoms with van der Waals surface area (Å²) >= 11 is 0. The first-order valence-corrected chi connectivity index (χ1v) is 8.17. The highest BCUT2D eigenvalue weighted by atomic mass is 32.3. The maximum atomic E-state index is 12.2. The van der Waals surface area contributed by atoms with E-state index in [0.29, 0.717) is 5.06 Å². The Morgan fingerprint density at radius 1 is 1.38 bits per heavy atom. The van der Waals surface area contributed by atoms with Crippen molar-refractivity contribution in [1.82, 2.24) is 15.3 Å². The zero-order valence-corrected chi connectivity index (χ0v) is 13.1. The molecule has 2 saturated heterocycles. The minimum Gasteiger partial charge on any atom is -0.374 e. The van der Waals surface area contributed by atoms with Crippen molar-refractivity contribution >= 4 is 28.4 Å². The van der Waals surface area contributed by atoms with E-state index in [1.807, 2.05) is 0 Å². The smallest absolute Gasteiger partial charge is 0.374 e. The first-order chi connectivity index (χ1) is 11.1. The van der Waals surface area contributed by atoms with E-state index in [1.165, 1.54) is 0 Å². The van der Waals surface area contributed by atoms with Crippen LogP contribution in [-0.4, -0.2) is 78.8 Å². The minimum absolute atomic E-state index is 0.00759. The summed E-state index contributed by atoms with van der Waals surface area (Å²) < 4.78 is 40.4. The zero-order valence-electron chi connectivity index (χ0n) is 12.3. The number of rotatable bonds is 7. The summed E-state index contributed by atoms with van der Waals surface area (Å²) in [6.45, 7) is -0.0179. The van der Waals surface area contributed by atoms with Gasteiger partial charge in [-0.05, 0) is 0 Å². The Kier molecular flexibility index (Phi) is 5.12. The van der Waals surface area contributed by atoms with E-state index in [0.717, 1.165) is 4.90 Å². The molecule has 3 atom stereocenters. The molecule has 0 radical (unpaired) electrons. The largest absolute Gasteiger partial charge is 0.418 e. The van der Waals surface area contributed by atoms with Crippen LogP contribution >= 0.6 is 0 Å². The van der Waals surface area contributed by atoms with Crippen molar-refractivity contribution in [3.05, 3.63) is 0 Å². The van der Waals surface area contributed by atoms with Crippen molar-refractivity contribution in [2.75, 3.05) is 19.7 Å². The van der Waals surface area contributed by atoms with Crippen LogP contribution in [0, 0.1) is 0 Å². The second-order valence-electron chi connectivity index (χ2n) is 5.18. The van der Waals surface area contributed by atoms with Gasteiger partial charge in [-0.1, -0.05) is 0 Å². The molecule has 13 nitrogen and oxygen atoms in total. The summed E-state index contributed by atoms with van der Waals surface area (Å²) in [4.78, 5) is 35.3. The van der Waals surface area contributed by atoms with Gasteiger partial charge in [-0.3, -0.25) is 9.35 Å². The molecule has 0 aromatic rings. The number of primary amides is 2. The topological polar surface area (TPSA) is 195 Å². The highest BCUT2D eigenvalue weighted by Crippen LogP contribution is 2.32. The number of piperidine rings is 1. The Bertz CT molecular complexity index is 639. The molecule has 5 amide bonds. The van der Waals surface area contributed by atoms with Crippen LogP contribution in [0.3, 0.4) is 0 Å². The quantitative estimate of drug-likeness (QED) is 0.272. The van der Waals surface area contributed by atoms with Crippen LogP contribution in [0.1, 0.15) is 6.42 Å². The summed E-state index contributed by atoms with van der Waals surface area (Å²) in [6, 6.07) is -3.58. The van der Waals surface area contributed by atoms with Gasteiger partial charge < -0.3 is 26.4 Å². The third kappa shape index (κ3) is 4.02. The van der Waals surface area contributed by atoms with Gasteiger partial charge in [0.15, 0.2) is 0 Å². The van der Waals surface area contributed by atoms with Crippen LogP contribution in [-0.2, 0) is 24.2 Å². The lowest BCUT2D eigenvalue weighted by molar-refractivity contribution is -0.127. The molecule has 2 bridgehead atoms. The monoisotopic (exact) mass is 367 g/mol. The molecule has 0 saturated carbocycles. The lowest BCUT2D eigenvalue weighted by atomic mass is 9.97. The normalized spacial score (nSPS) is 26.5. The lowest BCUT2D eigenvalue weighted by Crippen LogP contribution is -2.53. The van der Waals surface area contributed by atoms with Crippen molar-refractivity contribution in [2.24, 2.45) is 11.5 Å². The predicted octanol–water partition coefficient (Wildman–Crippen LogP) is -2.86. The van der Waals surface area contributed by atoms with Crippen LogP contribution < -0.4 is 16.8 Å². The van der Waals surface area contributed by atoms with Gasteiger partial charge in [-0.15, -0.1) is 4.28 Å². The van der Waals surface area contributed by atoms with Gasteiger partial charge in [0.05, 0.1) is 12.7 Å². The average molecular weight is 367 g/mol. The number of urea groups is 2. The molecule has 0 aromatic heterocycles. The van der Waals surface area contributed by atoms with Crippen LogP contribution in [0.25, 0.3) is 0 Å². The zero-order chi connectivity index (χ0) is 18.1. The van der Waals surface area contributed by atoms with Crippen LogP contribution in [0.15, 0.2) is 0 Å². The molecule has 24 heavy (non-hydrogen) atoms. The molecule has 136 valence electrons. The lowest BCUT2D eigenvalue weighted by Gasteiger charge is -2.34. The standard InChI is InChI=1S/C10H17N5O8S/c11-8(16)5-3-7(22-2-1-13-9(12)17)6-4-14(5)10(18)15(6)23-24(19,20)21/h5-7H,1-4H2,(H2,11,16)(H3,12,13,17)(H,19,20,21)/t5-,6+,7?/m0/s1. The van der Waals surface area contributed by atoms with Crippen molar-refractivity contribution in [2.45, 2.75) is 24.6 Å². The van der Waals surface area contributed by atoms with E-state index < -0.39 is 46.6 Å². The number of nitrogens with one attached hydrogen (secondary N) is 1. The Balaban J connectivity index is 2.12. The van der Waals surface area contributed by atoms with E-state index >= 15 is 0 Å². The molecule has 0 aliphatic carbocycles. The highest BCUT2D eigenvalue weighted by Gasteiger charge is 2.53. The molecule has 1 unspecified atom stereocenters. The molecule has 2 fully saturated rings. The summed E-state index contributed by atoms with van der Waals surface area (Å²) in [6.07, 6.45) is -0.796. The number of carbonyl (C=O) groups is 3. The molecule has 14 heteroatoms. The highest BCUT2D eigenvalue weighted by molar-refractivity contribution is 7.80. The molecular formula is C10H17N5O8S. The van der Waals surface area contributed by atoms with E-state index in [-0.39, 0.29) is 26.1 Å². The number of hydrogen-bond acceptors (Lipinski definition) is 7. The van der Waals surface area contributed by atoms with E-state index in [9.17, 15) is 22.8 Å². The number of hydroxylamine groups is 2. The molecule has 2 heterocycles. The van der Waals surface area contributed by atoms with Gasteiger partial charge in [0, 0.05) is 19.5 Å². The molecule has 0 aromatic carbocycles. The SMILES string of the molecule is NC(=O)NCCOC1C[C@@H](C(N)=O)N2C[C@H]1N(OS(=O)(=O)O)C2=O. The fourth-order valence-electron chi connectivity index (χ4n) is 2.68. The average Bonchev–Trinajstić information content (AvgIpc) is 2.70. The maximum Gasteiger partial charge on any atom is 0.418 e. The fraction of sp³-hybridized carbons (Fsp3) is 0.700. The van der Waals surface area contributed by atoms with Crippen molar-refractivity contribution in [1.29, 1.82) is 0 Å². The van der Waals surface area contributed by atoms with Gasteiger partial charge in [-0.2, -0.15) is 13.5 Å². The first-order valence-electron chi connectivity index (χ1n) is 6.81. The fourth-order valence-corrected chi connectivity index (χ4v) is 3.06.